The molecule has 0 radical (unpaired) electrons. The Labute approximate surface area is 190 Å². The van der Waals surface area contributed by atoms with Gasteiger partial charge in [0.05, 0.1) is 12.7 Å². The third-order valence-corrected chi connectivity index (χ3v) is 5.14. The van der Waals surface area contributed by atoms with E-state index in [1.807, 2.05) is 42.5 Å². The molecule has 0 saturated heterocycles. The summed E-state index contributed by atoms with van der Waals surface area (Å²) < 4.78 is 6.31. The first-order valence-corrected chi connectivity index (χ1v) is 10.6. The highest BCUT2D eigenvalue weighted by Gasteiger charge is 2.11. The monoisotopic (exact) mass is 483 g/mol. The fourth-order valence-corrected chi connectivity index (χ4v) is 3.30. The molecule has 3 N–H and O–H groups in total. The lowest BCUT2D eigenvalue weighted by molar-refractivity contribution is 0.102. The van der Waals surface area contributed by atoms with Gasteiger partial charge in [-0.1, -0.05) is 40.2 Å². The van der Waals surface area contributed by atoms with Crippen LogP contribution in [0.25, 0.3) is 0 Å². The van der Waals surface area contributed by atoms with Gasteiger partial charge in [0.25, 0.3) is 5.91 Å². The molecule has 3 aromatic rings. The van der Waals surface area contributed by atoms with Crippen molar-refractivity contribution in [2.75, 3.05) is 24.3 Å². The molecular weight excluding hydrogens is 462 g/mol. The van der Waals surface area contributed by atoms with Crippen LogP contribution in [0.3, 0.4) is 0 Å². The first-order valence-electron chi connectivity index (χ1n) is 9.39. The van der Waals surface area contributed by atoms with Crippen LogP contribution in [0.15, 0.2) is 77.3 Å². The highest BCUT2D eigenvalue weighted by Crippen LogP contribution is 2.20. The number of anilines is 2. The number of carbonyl (C=O) groups is 1. The number of methoxy groups -OCH3 is 1. The average Bonchev–Trinajstić information content (AvgIpc) is 2.76. The SMILES string of the molecule is COc1ccccc1C(=O)Nc1ccc(NC(=S)NCCc2ccc(Br)cc2)cc1. The maximum atomic E-state index is 12.5. The number of amides is 1. The molecular formula is C23H22BrN3O2S. The molecule has 0 atom stereocenters. The first-order chi connectivity index (χ1) is 14.5. The van der Waals surface area contributed by atoms with E-state index in [4.69, 9.17) is 17.0 Å². The Morgan fingerprint density at radius 1 is 0.933 bits per heavy atom. The molecule has 0 aliphatic carbocycles. The number of hydrogen-bond acceptors (Lipinski definition) is 3. The van der Waals surface area contributed by atoms with E-state index < -0.39 is 0 Å². The number of carbonyl (C=O) groups excluding carboxylic acids is 1. The first kappa shape index (κ1) is 21.8. The molecule has 3 aromatic carbocycles. The van der Waals surface area contributed by atoms with Gasteiger partial charge < -0.3 is 20.7 Å². The minimum atomic E-state index is -0.224. The van der Waals surface area contributed by atoms with Gasteiger partial charge >= 0.3 is 0 Å². The Morgan fingerprint density at radius 2 is 1.57 bits per heavy atom. The summed E-state index contributed by atoms with van der Waals surface area (Å²) in [5, 5.41) is 9.77. The van der Waals surface area contributed by atoms with E-state index in [0.717, 1.165) is 23.1 Å². The Balaban J connectivity index is 1.48. The van der Waals surface area contributed by atoms with Gasteiger partial charge in [-0.3, -0.25) is 4.79 Å². The topological polar surface area (TPSA) is 62.4 Å². The lowest BCUT2D eigenvalue weighted by Crippen LogP contribution is -2.30. The second kappa shape index (κ2) is 10.8. The van der Waals surface area contributed by atoms with Crippen LogP contribution in [-0.2, 0) is 6.42 Å². The van der Waals surface area contributed by atoms with Crippen LogP contribution >= 0.6 is 28.1 Å². The van der Waals surface area contributed by atoms with E-state index in [1.165, 1.54) is 5.56 Å². The number of ether oxygens (including phenoxy) is 1. The maximum absolute atomic E-state index is 12.5. The van der Waals surface area contributed by atoms with Crippen molar-refractivity contribution in [3.8, 4) is 5.75 Å². The molecule has 0 heterocycles. The molecule has 0 fully saturated rings. The Bertz CT molecular complexity index is 1010. The largest absolute Gasteiger partial charge is 0.496 e. The zero-order chi connectivity index (χ0) is 21.3. The fraction of sp³-hybridized carbons (Fsp3) is 0.130. The van der Waals surface area contributed by atoms with Crippen molar-refractivity contribution >= 4 is 50.5 Å². The molecule has 1 amide bonds. The van der Waals surface area contributed by atoms with Crippen LogP contribution in [0.4, 0.5) is 11.4 Å². The quantitative estimate of drug-likeness (QED) is 0.401. The molecule has 0 unspecified atom stereocenters. The number of benzene rings is 3. The summed E-state index contributed by atoms with van der Waals surface area (Å²) in [4.78, 5) is 12.5. The Kier molecular flexibility index (Phi) is 7.82. The number of para-hydroxylation sites is 1. The van der Waals surface area contributed by atoms with Crippen LogP contribution in [0.2, 0.25) is 0 Å². The van der Waals surface area contributed by atoms with Crippen molar-refractivity contribution < 1.29 is 9.53 Å². The summed E-state index contributed by atoms with van der Waals surface area (Å²) in [5.41, 5.74) is 3.25. The molecule has 0 bridgehead atoms. The molecule has 0 spiro atoms. The minimum Gasteiger partial charge on any atom is -0.496 e. The van der Waals surface area contributed by atoms with Crippen LogP contribution in [-0.4, -0.2) is 24.7 Å². The van der Waals surface area contributed by atoms with Crippen LogP contribution < -0.4 is 20.7 Å². The third kappa shape index (κ3) is 6.30. The van der Waals surface area contributed by atoms with Crippen molar-refractivity contribution in [2.45, 2.75) is 6.42 Å². The van der Waals surface area contributed by atoms with Gasteiger partial charge in [0, 0.05) is 22.4 Å². The number of nitrogens with one attached hydrogen (secondary N) is 3. The van der Waals surface area contributed by atoms with E-state index in [9.17, 15) is 4.79 Å². The van der Waals surface area contributed by atoms with Crippen LogP contribution in [0, 0.1) is 0 Å². The van der Waals surface area contributed by atoms with Crippen molar-refractivity contribution in [1.29, 1.82) is 0 Å². The highest BCUT2D eigenvalue weighted by atomic mass is 79.9. The van der Waals surface area contributed by atoms with Gasteiger partial charge in [-0.2, -0.15) is 0 Å². The van der Waals surface area contributed by atoms with Crippen LogP contribution in [0.1, 0.15) is 15.9 Å². The fourth-order valence-electron chi connectivity index (χ4n) is 2.81. The predicted molar refractivity (Wildman–Crippen MR) is 129 cm³/mol. The van der Waals surface area contributed by atoms with Crippen molar-refractivity contribution in [1.82, 2.24) is 5.32 Å². The van der Waals surface area contributed by atoms with Gasteiger partial charge in [-0.15, -0.1) is 0 Å². The van der Waals surface area contributed by atoms with E-state index in [0.29, 0.717) is 22.1 Å². The normalized spacial score (nSPS) is 10.2. The van der Waals surface area contributed by atoms with E-state index in [-0.39, 0.29) is 5.91 Å². The summed E-state index contributed by atoms with van der Waals surface area (Å²) in [6.07, 6.45) is 0.878. The molecule has 5 nitrogen and oxygen atoms in total. The summed E-state index contributed by atoms with van der Waals surface area (Å²) >= 11 is 8.79. The minimum absolute atomic E-state index is 0.224. The van der Waals surface area contributed by atoms with E-state index >= 15 is 0 Å². The van der Waals surface area contributed by atoms with Gasteiger partial charge in [0.15, 0.2) is 5.11 Å². The van der Waals surface area contributed by atoms with E-state index in [2.05, 4.69) is 44.0 Å². The molecule has 7 heteroatoms. The van der Waals surface area contributed by atoms with Crippen molar-refractivity contribution in [3.05, 3.63) is 88.4 Å². The molecule has 0 aliphatic rings. The molecule has 0 saturated carbocycles. The van der Waals surface area contributed by atoms with Gasteiger partial charge in [0.2, 0.25) is 0 Å². The summed E-state index contributed by atoms with van der Waals surface area (Å²) in [5.74, 6) is 0.311. The summed E-state index contributed by atoms with van der Waals surface area (Å²) in [7, 11) is 1.54. The van der Waals surface area contributed by atoms with Crippen molar-refractivity contribution in [3.63, 3.8) is 0 Å². The molecule has 30 heavy (non-hydrogen) atoms. The zero-order valence-corrected chi connectivity index (χ0v) is 18.8. The summed E-state index contributed by atoms with van der Waals surface area (Å²) in [6, 6.07) is 22.7. The standard InChI is InChI=1S/C23H22BrN3O2S/c1-29-21-5-3-2-4-20(21)22(28)26-18-10-12-19(13-11-18)27-23(30)25-15-14-16-6-8-17(24)9-7-16/h2-13H,14-15H2,1H3,(H,26,28)(H2,25,27,30). The van der Waals surface area contributed by atoms with Crippen molar-refractivity contribution in [2.24, 2.45) is 0 Å². The Hall–Kier alpha value is -2.90. The van der Waals surface area contributed by atoms with Gasteiger partial charge in [-0.25, -0.2) is 0 Å². The molecule has 154 valence electrons. The summed E-state index contributed by atoms with van der Waals surface area (Å²) in [6.45, 7) is 0.737. The molecule has 0 aliphatic heterocycles. The van der Waals surface area contributed by atoms with Gasteiger partial charge in [-0.05, 0) is 72.7 Å². The molecule has 0 aromatic heterocycles. The third-order valence-electron chi connectivity index (χ3n) is 4.36. The average molecular weight is 484 g/mol. The highest BCUT2D eigenvalue weighted by molar-refractivity contribution is 9.10. The zero-order valence-electron chi connectivity index (χ0n) is 16.4. The smallest absolute Gasteiger partial charge is 0.259 e. The maximum Gasteiger partial charge on any atom is 0.259 e. The number of halogens is 1. The second-order valence-corrected chi connectivity index (χ2v) is 7.81. The van der Waals surface area contributed by atoms with E-state index in [1.54, 1.807) is 25.3 Å². The second-order valence-electron chi connectivity index (χ2n) is 6.49. The number of thiocarbonyl (C=S) groups is 1. The lowest BCUT2D eigenvalue weighted by Gasteiger charge is -2.12. The number of hydrogen-bond donors (Lipinski definition) is 3. The van der Waals surface area contributed by atoms with Crippen LogP contribution in [0.5, 0.6) is 5.75 Å². The Morgan fingerprint density at radius 3 is 2.23 bits per heavy atom. The number of rotatable bonds is 7. The predicted octanol–water partition coefficient (Wildman–Crippen LogP) is 5.24. The molecule has 3 rings (SSSR count). The van der Waals surface area contributed by atoms with Gasteiger partial charge in [0.1, 0.15) is 5.75 Å². The lowest BCUT2D eigenvalue weighted by atomic mass is 10.1.